The number of hydrogen-bond acceptors (Lipinski definition) is 1. The molecule has 0 heterocycles. The van der Waals surface area contributed by atoms with Crippen LogP contribution >= 0.6 is 0 Å². The molecule has 0 aromatic rings. The maximum atomic E-state index is 11.8. The first-order valence-electron chi connectivity index (χ1n) is 6.29. The third-order valence-electron chi connectivity index (χ3n) is 5.39. The van der Waals surface area contributed by atoms with Gasteiger partial charge in [0, 0.05) is 5.92 Å². The summed E-state index contributed by atoms with van der Waals surface area (Å²) < 4.78 is 0. The van der Waals surface area contributed by atoms with Crippen molar-refractivity contribution in [2.75, 3.05) is 0 Å². The number of Topliss-reactive ketones (excluding diaryl/α,β-unsaturated/α-hetero) is 1. The first-order valence-corrected chi connectivity index (χ1v) is 6.29. The van der Waals surface area contributed by atoms with E-state index in [-0.39, 0.29) is 5.92 Å². The highest BCUT2D eigenvalue weighted by molar-refractivity contribution is 5.82. The van der Waals surface area contributed by atoms with E-state index < -0.39 is 0 Å². The summed E-state index contributed by atoms with van der Waals surface area (Å²) in [5.74, 6) is 3.94. The monoisotopic (exact) mass is 204 g/mol. The zero-order valence-electron chi connectivity index (χ0n) is 9.92. The van der Waals surface area contributed by atoms with Gasteiger partial charge in [0.25, 0.3) is 0 Å². The summed E-state index contributed by atoms with van der Waals surface area (Å²) in [7, 11) is 0. The maximum Gasteiger partial charge on any atom is 0.137 e. The van der Waals surface area contributed by atoms with Crippen molar-refractivity contribution in [2.45, 2.75) is 40.0 Å². The summed E-state index contributed by atoms with van der Waals surface area (Å²) >= 11 is 0. The molecule has 0 amide bonds. The van der Waals surface area contributed by atoms with Gasteiger partial charge in [-0.05, 0) is 63.7 Å². The predicted molar refractivity (Wildman–Crippen MR) is 60.4 cm³/mol. The molecule has 15 heavy (non-hydrogen) atoms. The summed E-state index contributed by atoms with van der Waals surface area (Å²) in [4.78, 5) is 11.8. The topological polar surface area (TPSA) is 17.1 Å². The molecule has 0 radical (unpaired) electrons. The minimum Gasteiger partial charge on any atom is -0.299 e. The Labute approximate surface area is 91.9 Å². The number of allylic oxidation sites excluding steroid dienone is 2. The summed E-state index contributed by atoms with van der Waals surface area (Å²) in [6.45, 7) is 6.26. The van der Waals surface area contributed by atoms with E-state index in [0.717, 1.165) is 17.8 Å². The van der Waals surface area contributed by atoms with Crippen LogP contribution in [0.4, 0.5) is 0 Å². The van der Waals surface area contributed by atoms with Gasteiger partial charge in [-0.25, -0.2) is 0 Å². The molecular formula is C14H20O. The number of ketones is 1. The van der Waals surface area contributed by atoms with Gasteiger partial charge in [-0.15, -0.1) is 0 Å². The van der Waals surface area contributed by atoms with Crippen LogP contribution in [0.2, 0.25) is 0 Å². The fourth-order valence-electron chi connectivity index (χ4n) is 4.83. The smallest absolute Gasteiger partial charge is 0.137 e. The van der Waals surface area contributed by atoms with Gasteiger partial charge in [0.1, 0.15) is 5.78 Å². The van der Waals surface area contributed by atoms with Crippen LogP contribution in [-0.4, -0.2) is 5.78 Å². The van der Waals surface area contributed by atoms with E-state index in [2.05, 4.69) is 13.8 Å². The van der Waals surface area contributed by atoms with Gasteiger partial charge >= 0.3 is 0 Å². The molecule has 0 aromatic heterocycles. The molecule has 0 aromatic carbocycles. The number of hydrogen-bond donors (Lipinski definition) is 0. The van der Waals surface area contributed by atoms with Crippen molar-refractivity contribution in [3.63, 3.8) is 0 Å². The Bertz CT molecular complexity index is 352. The molecule has 2 bridgehead atoms. The molecule has 5 atom stereocenters. The lowest BCUT2D eigenvalue weighted by Gasteiger charge is -2.29. The second-order valence-electron chi connectivity index (χ2n) is 5.89. The Kier molecular flexibility index (Phi) is 1.90. The van der Waals surface area contributed by atoms with Crippen molar-refractivity contribution < 1.29 is 4.79 Å². The van der Waals surface area contributed by atoms with E-state index in [1.54, 1.807) is 12.5 Å². The van der Waals surface area contributed by atoms with Crippen LogP contribution in [0.3, 0.4) is 0 Å². The van der Waals surface area contributed by atoms with Gasteiger partial charge in [0.05, 0.1) is 0 Å². The second kappa shape index (κ2) is 2.96. The minimum absolute atomic E-state index is 0.283. The van der Waals surface area contributed by atoms with Crippen LogP contribution in [0.25, 0.3) is 0 Å². The van der Waals surface area contributed by atoms with Crippen molar-refractivity contribution in [3.8, 4) is 0 Å². The molecule has 3 rings (SSSR count). The van der Waals surface area contributed by atoms with Gasteiger partial charge in [-0.3, -0.25) is 4.79 Å². The lowest BCUT2D eigenvalue weighted by Crippen LogP contribution is -2.28. The number of rotatable bonds is 1. The van der Waals surface area contributed by atoms with Crippen LogP contribution in [0.5, 0.6) is 0 Å². The van der Waals surface area contributed by atoms with Crippen LogP contribution in [0.1, 0.15) is 40.0 Å². The molecule has 0 N–H and O–H groups in total. The molecule has 1 heteroatoms. The van der Waals surface area contributed by atoms with Crippen LogP contribution < -0.4 is 0 Å². The number of carbonyl (C=O) groups excluding carboxylic acids is 1. The Balaban J connectivity index is 2.03. The zero-order valence-corrected chi connectivity index (χ0v) is 9.92. The lowest BCUT2D eigenvalue weighted by atomic mass is 9.74. The van der Waals surface area contributed by atoms with Crippen LogP contribution in [-0.2, 0) is 4.79 Å². The first kappa shape index (κ1) is 9.62. The largest absolute Gasteiger partial charge is 0.299 e. The highest BCUT2D eigenvalue weighted by Gasteiger charge is 2.55. The quantitative estimate of drug-likeness (QED) is 0.599. The van der Waals surface area contributed by atoms with E-state index >= 15 is 0 Å². The average molecular weight is 204 g/mol. The van der Waals surface area contributed by atoms with Gasteiger partial charge in [-0.2, -0.15) is 0 Å². The van der Waals surface area contributed by atoms with E-state index in [0.29, 0.717) is 11.7 Å². The van der Waals surface area contributed by atoms with E-state index in [1.807, 2.05) is 0 Å². The van der Waals surface area contributed by atoms with Crippen LogP contribution in [0, 0.1) is 29.6 Å². The number of carbonyl (C=O) groups is 1. The Morgan fingerprint density at radius 3 is 2.47 bits per heavy atom. The normalized spacial score (nSPS) is 47.5. The Morgan fingerprint density at radius 2 is 1.80 bits per heavy atom. The second-order valence-corrected chi connectivity index (χ2v) is 5.89. The van der Waals surface area contributed by atoms with E-state index in [9.17, 15) is 4.79 Å². The fraction of sp³-hybridized carbons (Fsp3) is 0.786. The van der Waals surface area contributed by atoms with Crippen molar-refractivity contribution in [2.24, 2.45) is 29.6 Å². The molecular weight excluding hydrogens is 184 g/mol. The molecule has 5 unspecified atom stereocenters. The molecule has 82 valence electrons. The van der Waals surface area contributed by atoms with Gasteiger partial charge in [0.2, 0.25) is 0 Å². The zero-order chi connectivity index (χ0) is 10.7. The molecule has 2 saturated carbocycles. The Hall–Kier alpha value is -0.590. The highest BCUT2D eigenvalue weighted by atomic mass is 16.1. The summed E-state index contributed by atoms with van der Waals surface area (Å²) in [5, 5.41) is 0. The van der Waals surface area contributed by atoms with Crippen molar-refractivity contribution in [1.82, 2.24) is 0 Å². The molecule has 0 spiro atoms. The minimum atomic E-state index is 0.283. The molecule has 3 aliphatic rings. The maximum absolute atomic E-state index is 11.8. The van der Waals surface area contributed by atoms with Crippen molar-refractivity contribution in [3.05, 3.63) is 11.1 Å². The van der Waals surface area contributed by atoms with Gasteiger partial charge in [-0.1, -0.05) is 11.1 Å². The summed E-state index contributed by atoms with van der Waals surface area (Å²) in [5.41, 5.74) is 2.97. The Morgan fingerprint density at radius 1 is 1.13 bits per heavy atom. The summed E-state index contributed by atoms with van der Waals surface area (Å²) in [6.07, 6.45) is 4.21. The SMILES string of the molecule is CC(=O)C1C(C)=C(C)C2C3CCC(C3)C12. The average Bonchev–Trinajstić information content (AvgIpc) is 2.80. The third kappa shape index (κ3) is 1.07. The highest BCUT2D eigenvalue weighted by Crippen LogP contribution is 2.62. The molecule has 0 aliphatic heterocycles. The van der Waals surface area contributed by atoms with Crippen molar-refractivity contribution in [1.29, 1.82) is 0 Å². The fourth-order valence-corrected chi connectivity index (χ4v) is 4.83. The van der Waals surface area contributed by atoms with Gasteiger partial charge < -0.3 is 0 Å². The van der Waals surface area contributed by atoms with E-state index in [4.69, 9.17) is 0 Å². The number of fused-ring (bicyclic) bond motifs is 5. The van der Waals surface area contributed by atoms with Gasteiger partial charge in [0.15, 0.2) is 0 Å². The third-order valence-corrected chi connectivity index (χ3v) is 5.39. The van der Waals surface area contributed by atoms with Crippen molar-refractivity contribution >= 4 is 5.78 Å². The van der Waals surface area contributed by atoms with E-state index in [1.165, 1.54) is 24.8 Å². The first-order chi connectivity index (χ1) is 7.11. The standard InChI is InChI=1S/C14H20O/c1-7-8(2)13-10-4-5-11(6-10)14(13)12(7)9(3)15/h10-14H,4-6H2,1-3H3. The molecule has 1 nitrogen and oxygen atoms in total. The van der Waals surface area contributed by atoms with Crippen LogP contribution in [0.15, 0.2) is 11.1 Å². The molecule has 2 fully saturated rings. The molecule has 3 aliphatic carbocycles. The summed E-state index contributed by atoms with van der Waals surface area (Å²) in [6, 6.07) is 0. The predicted octanol–water partition coefficient (Wildman–Crippen LogP) is 3.20. The molecule has 0 saturated heterocycles. The lowest BCUT2D eigenvalue weighted by molar-refractivity contribution is -0.121.